The number of fused-ring (bicyclic) bond motifs is 1. The molecule has 36 heavy (non-hydrogen) atoms. The molecular formula is C28H43ClN4O3. The summed E-state index contributed by atoms with van der Waals surface area (Å²) in [6.45, 7) is 9.61. The van der Waals surface area contributed by atoms with E-state index >= 15 is 0 Å². The maximum absolute atomic E-state index is 13.8. The highest BCUT2D eigenvalue weighted by atomic mass is 35.5. The average molecular weight is 519 g/mol. The van der Waals surface area contributed by atoms with Gasteiger partial charge >= 0.3 is 0 Å². The second kappa shape index (κ2) is 12.7. The van der Waals surface area contributed by atoms with Gasteiger partial charge in [0, 0.05) is 70.0 Å². The van der Waals surface area contributed by atoms with Crippen molar-refractivity contribution in [2.45, 2.75) is 71.0 Å². The van der Waals surface area contributed by atoms with Gasteiger partial charge in [0.05, 0.1) is 11.6 Å². The highest BCUT2D eigenvalue weighted by Gasteiger charge is 2.39. The number of carbonyl (C=O) groups is 2. The van der Waals surface area contributed by atoms with Gasteiger partial charge in [-0.25, -0.2) is 0 Å². The molecule has 1 aromatic carbocycles. The van der Waals surface area contributed by atoms with Crippen molar-refractivity contribution in [3.05, 3.63) is 28.8 Å². The summed E-state index contributed by atoms with van der Waals surface area (Å²) in [6.07, 6.45) is 7.36. The number of benzene rings is 1. The molecule has 1 aliphatic carbocycles. The second-order valence-electron chi connectivity index (χ2n) is 10.9. The van der Waals surface area contributed by atoms with Gasteiger partial charge in [-0.1, -0.05) is 36.9 Å². The molecule has 0 aromatic heterocycles. The summed E-state index contributed by atoms with van der Waals surface area (Å²) in [7, 11) is 1.54. The highest BCUT2D eigenvalue weighted by Crippen LogP contribution is 2.31. The van der Waals surface area contributed by atoms with E-state index in [4.69, 9.17) is 16.3 Å². The zero-order valence-electron chi connectivity index (χ0n) is 22.3. The van der Waals surface area contributed by atoms with Gasteiger partial charge < -0.3 is 14.5 Å². The number of hydrogen-bond acceptors (Lipinski definition) is 5. The summed E-state index contributed by atoms with van der Waals surface area (Å²) < 4.78 is 5.18. The quantitative estimate of drug-likeness (QED) is 0.589. The number of hydrogen-bond donors (Lipinski definition) is 0. The first-order chi connectivity index (χ1) is 17.4. The molecule has 3 aliphatic rings. The fourth-order valence-electron chi connectivity index (χ4n) is 5.96. The van der Waals surface area contributed by atoms with Crippen LogP contribution in [0.1, 0.15) is 57.9 Å². The van der Waals surface area contributed by atoms with E-state index in [-0.39, 0.29) is 24.3 Å². The van der Waals surface area contributed by atoms with Crippen LogP contribution in [0.2, 0.25) is 5.02 Å². The van der Waals surface area contributed by atoms with Gasteiger partial charge in [0.15, 0.2) is 0 Å². The highest BCUT2D eigenvalue weighted by molar-refractivity contribution is 6.31. The molecule has 1 saturated carbocycles. The topological polar surface area (TPSA) is 56.3 Å². The Balaban J connectivity index is 1.56. The smallest absolute Gasteiger partial charge is 0.252 e. The minimum atomic E-state index is -0.0867. The minimum Gasteiger partial charge on any atom is -0.375 e. The fraction of sp³-hybridized carbons (Fsp3) is 0.714. The first kappa shape index (κ1) is 27.4. The Hall–Kier alpha value is -1.67. The van der Waals surface area contributed by atoms with E-state index in [9.17, 15) is 9.59 Å². The van der Waals surface area contributed by atoms with Gasteiger partial charge in [0.1, 0.15) is 6.61 Å². The molecule has 2 amide bonds. The van der Waals surface area contributed by atoms with Crippen molar-refractivity contribution in [2.24, 2.45) is 5.92 Å². The molecule has 0 atom stereocenters. The number of carbonyl (C=O) groups excluding carboxylic acids is 2. The third-order valence-electron chi connectivity index (χ3n) is 8.14. The van der Waals surface area contributed by atoms with E-state index < -0.39 is 0 Å². The van der Waals surface area contributed by atoms with Crippen molar-refractivity contribution in [2.75, 3.05) is 57.9 Å². The van der Waals surface area contributed by atoms with Crippen LogP contribution in [0.5, 0.6) is 0 Å². The molecule has 7 nitrogen and oxygen atoms in total. The van der Waals surface area contributed by atoms with Crippen molar-refractivity contribution in [1.29, 1.82) is 0 Å². The van der Waals surface area contributed by atoms with E-state index in [1.54, 1.807) is 12.0 Å². The van der Waals surface area contributed by atoms with Gasteiger partial charge in [-0.3, -0.25) is 19.4 Å². The van der Waals surface area contributed by atoms with Gasteiger partial charge in [0.25, 0.3) is 5.91 Å². The van der Waals surface area contributed by atoms with Crippen LogP contribution < -0.4 is 4.90 Å². The third-order valence-corrected chi connectivity index (χ3v) is 8.38. The van der Waals surface area contributed by atoms with E-state index in [2.05, 4.69) is 23.6 Å². The Morgan fingerprint density at radius 1 is 1.03 bits per heavy atom. The zero-order chi connectivity index (χ0) is 25.7. The number of likely N-dealkylation sites (tertiary alicyclic amines) is 1. The molecule has 8 heteroatoms. The Kier molecular flexibility index (Phi) is 9.67. The standard InChI is InChI=1S/C28H43ClN4O3/c1-21(2)30-12-7-13-33(27(34)20-36-3)26-16-24(29)11-10-22(26)17-31(15-14-30)28(35)23-18-32(19-23)25-8-5-4-6-9-25/h10-11,16,21,23,25H,4-9,12-15,17-20H2,1-3H3. The van der Waals surface area contributed by atoms with Crippen LogP contribution in [0.25, 0.3) is 0 Å². The van der Waals surface area contributed by atoms with E-state index in [1.165, 1.54) is 32.1 Å². The molecule has 1 saturated heterocycles. The third kappa shape index (κ3) is 6.60. The van der Waals surface area contributed by atoms with Crippen LogP contribution in [0.3, 0.4) is 0 Å². The molecular weight excluding hydrogens is 476 g/mol. The van der Waals surface area contributed by atoms with Crippen LogP contribution in [0.15, 0.2) is 18.2 Å². The van der Waals surface area contributed by atoms with E-state index in [1.807, 2.05) is 23.1 Å². The number of amides is 2. The molecule has 200 valence electrons. The van der Waals surface area contributed by atoms with Crippen molar-refractivity contribution in [1.82, 2.24) is 14.7 Å². The predicted octanol–water partition coefficient (Wildman–Crippen LogP) is 4.03. The van der Waals surface area contributed by atoms with E-state index in [0.29, 0.717) is 36.7 Å². The molecule has 4 rings (SSSR count). The monoisotopic (exact) mass is 518 g/mol. The van der Waals surface area contributed by atoms with Crippen LogP contribution in [0.4, 0.5) is 5.69 Å². The number of nitrogens with zero attached hydrogens (tertiary/aromatic N) is 4. The number of halogens is 1. The van der Waals surface area contributed by atoms with E-state index in [0.717, 1.165) is 43.9 Å². The second-order valence-corrected chi connectivity index (χ2v) is 11.4. The summed E-state index contributed by atoms with van der Waals surface area (Å²) in [5, 5.41) is 0.586. The van der Waals surface area contributed by atoms with Crippen LogP contribution in [-0.2, 0) is 20.9 Å². The maximum Gasteiger partial charge on any atom is 0.252 e. The molecule has 0 bridgehead atoms. The zero-order valence-corrected chi connectivity index (χ0v) is 23.0. The predicted molar refractivity (Wildman–Crippen MR) is 144 cm³/mol. The van der Waals surface area contributed by atoms with Crippen LogP contribution in [0, 0.1) is 5.92 Å². The van der Waals surface area contributed by atoms with Gasteiger partial charge in [0.2, 0.25) is 5.91 Å². The minimum absolute atomic E-state index is 0.0154. The molecule has 0 radical (unpaired) electrons. The summed E-state index contributed by atoms with van der Waals surface area (Å²) >= 11 is 6.40. The molecule has 2 fully saturated rings. The lowest BCUT2D eigenvalue weighted by Crippen LogP contribution is -2.58. The van der Waals surface area contributed by atoms with Gasteiger partial charge in [-0.05, 0) is 50.8 Å². The lowest BCUT2D eigenvalue weighted by Gasteiger charge is -2.46. The molecule has 2 heterocycles. The number of anilines is 1. The lowest BCUT2D eigenvalue weighted by molar-refractivity contribution is -0.143. The van der Waals surface area contributed by atoms with Crippen molar-refractivity contribution >= 4 is 29.1 Å². The first-order valence-electron chi connectivity index (χ1n) is 13.7. The summed E-state index contributed by atoms with van der Waals surface area (Å²) in [6, 6.07) is 6.71. The van der Waals surface area contributed by atoms with Crippen molar-refractivity contribution in [3.8, 4) is 0 Å². The Morgan fingerprint density at radius 3 is 2.47 bits per heavy atom. The summed E-state index contributed by atoms with van der Waals surface area (Å²) in [5.41, 5.74) is 1.75. The first-order valence-corrected chi connectivity index (χ1v) is 14.1. The van der Waals surface area contributed by atoms with Gasteiger partial charge in [-0.15, -0.1) is 0 Å². The van der Waals surface area contributed by atoms with Crippen LogP contribution >= 0.6 is 11.6 Å². The normalized spacial score (nSPS) is 21.7. The Bertz CT molecular complexity index is 899. The molecule has 0 N–H and O–H groups in total. The maximum atomic E-state index is 13.8. The van der Waals surface area contributed by atoms with Crippen molar-refractivity contribution < 1.29 is 14.3 Å². The average Bonchev–Trinajstić information content (AvgIpc) is 2.86. The van der Waals surface area contributed by atoms with Gasteiger partial charge in [-0.2, -0.15) is 0 Å². The molecule has 0 unspecified atom stereocenters. The fourth-order valence-corrected chi connectivity index (χ4v) is 6.12. The van der Waals surface area contributed by atoms with Crippen LogP contribution in [-0.4, -0.2) is 91.6 Å². The molecule has 1 aromatic rings. The number of rotatable bonds is 5. The number of ether oxygens (including phenoxy) is 1. The molecule has 0 spiro atoms. The number of methoxy groups -OCH3 is 1. The largest absolute Gasteiger partial charge is 0.375 e. The summed E-state index contributed by atoms with van der Waals surface area (Å²) in [5.74, 6) is 0.212. The van der Waals surface area contributed by atoms with Crippen molar-refractivity contribution in [3.63, 3.8) is 0 Å². The lowest BCUT2D eigenvalue weighted by atomic mass is 9.88. The summed E-state index contributed by atoms with van der Waals surface area (Å²) in [4.78, 5) is 35.6. The Labute approximate surface area is 221 Å². The molecule has 2 aliphatic heterocycles. The Morgan fingerprint density at radius 2 is 1.78 bits per heavy atom. The SMILES string of the molecule is COCC(=O)N1CCCN(C(C)C)CCN(C(=O)C2CN(C3CCCCC3)C2)Cc2ccc(Cl)cc21.